The van der Waals surface area contributed by atoms with Gasteiger partial charge in [-0.25, -0.2) is 23.1 Å². The number of carbonyl (C=O) groups is 2. The van der Waals surface area contributed by atoms with Gasteiger partial charge in [-0.1, -0.05) is 30.4 Å². The van der Waals surface area contributed by atoms with E-state index in [1.807, 2.05) is 29.2 Å². The average Bonchev–Trinajstić information content (AvgIpc) is 3.73. The molecule has 8 N–H and O–H groups in total. The molecule has 0 bridgehead atoms. The minimum atomic E-state index is -5.85. The molecule has 406 valence electrons. The number of anilines is 1. The molecule has 1 aromatic heterocycles. The zero-order valence-corrected chi connectivity index (χ0v) is 43.9. The van der Waals surface area contributed by atoms with Crippen LogP contribution >= 0.6 is 23.5 Å². The molecule has 0 saturated carbocycles. The predicted octanol–water partition coefficient (Wildman–Crippen LogP) is 1.62. The molecule has 10 rings (SSSR count). The molecule has 27 heteroatoms. The number of nitrogens with zero attached hydrogens (tertiary/aromatic N) is 4. The van der Waals surface area contributed by atoms with Crippen LogP contribution in [0.2, 0.25) is 0 Å². The van der Waals surface area contributed by atoms with E-state index in [9.17, 15) is 52.9 Å². The van der Waals surface area contributed by atoms with Gasteiger partial charge in [0.25, 0.3) is 11.5 Å². The lowest BCUT2D eigenvalue weighted by atomic mass is 9.81. The van der Waals surface area contributed by atoms with Crippen molar-refractivity contribution in [2.45, 2.75) is 88.7 Å². The van der Waals surface area contributed by atoms with Crippen molar-refractivity contribution >= 4 is 52.6 Å². The van der Waals surface area contributed by atoms with Gasteiger partial charge in [-0.15, -0.1) is 0 Å². The first-order valence-corrected chi connectivity index (χ1v) is 29.6. The Morgan fingerprint density at radius 1 is 0.895 bits per heavy atom. The van der Waals surface area contributed by atoms with E-state index in [1.54, 1.807) is 11.9 Å². The number of H-pyrrole nitrogens is 1. The second-order valence-corrected chi connectivity index (χ2v) is 24.0. The Morgan fingerprint density at radius 3 is 2.39 bits per heavy atom. The first kappa shape index (κ1) is 54.0. The van der Waals surface area contributed by atoms with Gasteiger partial charge in [0, 0.05) is 97.4 Å². The zero-order chi connectivity index (χ0) is 53.8. The number of aryl methyl sites for hydroxylation is 2. The summed E-state index contributed by atoms with van der Waals surface area (Å²) >= 11 is 0. The lowest BCUT2D eigenvalue weighted by Crippen LogP contribution is -2.45. The Kier molecular flexibility index (Phi) is 15.2. The highest BCUT2D eigenvalue weighted by Gasteiger charge is 2.47. The lowest BCUT2D eigenvalue weighted by Gasteiger charge is -2.39. The van der Waals surface area contributed by atoms with Gasteiger partial charge < -0.3 is 54.4 Å². The molecule has 4 aromatic rings. The van der Waals surface area contributed by atoms with E-state index in [0.717, 1.165) is 117 Å². The first-order chi connectivity index (χ1) is 36.2. The molecular formula is C49H58N6O18P3+. The minimum absolute atomic E-state index is 0.0549. The molecule has 0 spiro atoms. The molecule has 6 aliphatic rings. The summed E-state index contributed by atoms with van der Waals surface area (Å²) in [4.78, 5) is 96.0. The van der Waals surface area contributed by atoms with Crippen LogP contribution < -0.4 is 41.4 Å². The van der Waals surface area contributed by atoms with E-state index in [0.29, 0.717) is 16.6 Å². The summed E-state index contributed by atoms with van der Waals surface area (Å²) in [6.07, 6.45) is 4.86. The molecular weight excluding hydrogens is 1050 g/mol. The maximum Gasteiger partial charge on any atom is 0.490 e. The molecule has 1 saturated heterocycles. The Balaban J connectivity index is 0.798. The zero-order valence-electron chi connectivity index (χ0n) is 41.2. The molecule has 0 radical (unpaired) electrons. The SMILES string of the molecule is CN(CCCC(=O)NC/C=C/c1cn([C@@H]2O[C@H](COP(=O)(O)OP(=O)(O)OP(=O)(O)O)[C@@H](O)[C@H]2O)c(=O)[nH]c1=O)C(=O)c1ccccc1C1=c2cc3c4c(c2Oc2c1cc1c5c2CCCN5CCC1)CCC[N+]=4CCC3. The van der Waals surface area contributed by atoms with Crippen LogP contribution in [0.3, 0.4) is 0 Å². The first-order valence-electron chi connectivity index (χ1n) is 25.0. The van der Waals surface area contributed by atoms with Crippen molar-refractivity contribution in [2.24, 2.45) is 0 Å². The second kappa shape index (κ2) is 21.4. The Morgan fingerprint density at radius 2 is 1.62 bits per heavy atom. The lowest BCUT2D eigenvalue weighted by molar-refractivity contribution is -0.121. The van der Waals surface area contributed by atoms with Crippen molar-refractivity contribution in [3.05, 3.63) is 125 Å². The maximum atomic E-state index is 14.6. The third-order valence-electron chi connectivity index (χ3n) is 14.5. The van der Waals surface area contributed by atoms with E-state index in [-0.39, 0.29) is 36.9 Å². The highest BCUT2D eigenvalue weighted by molar-refractivity contribution is 7.66. The van der Waals surface area contributed by atoms with Crippen molar-refractivity contribution in [3.8, 4) is 11.5 Å². The normalized spacial score (nSPS) is 22.2. The Hall–Kier alpha value is -5.42. The number of benzene rings is 3. The number of aliphatic hydroxyl groups is 2. The number of hydrogen-bond donors (Lipinski definition) is 8. The molecule has 7 heterocycles. The second-order valence-electron chi connectivity index (χ2n) is 19.6. The van der Waals surface area contributed by atoms with Crippen LogP contribution in [0, 0.1) is 0 Å². The number of aromatic nitrogens is 2. The number of ether oxygens (including phenoxy) is 2. The summed E-state index contributed by atoms with van der Waals surface area (Å²) in [5, 5.41) is 26.3. The molecule has 6 atom stereocenters. The number of phosphoric ester groups is 1. The number of phosphoric acid groups is 3. The topological polar surface area (TPSA) is 329 Å². The van der Waals surface area contributed by atoms with Gasteiger partial charge in [-0.3, -0.25) is 28.5 Å². The van der Waals surface area contributed by atoms with E-state index < -0.39 is 65.9 Å². The number of hydrogen-bond acceptors (Lipinski definition) is 15. The quantitative estimate of drug-likeness (QED) is 0.0484. The van der Waals surface area contributed by atoms with Crippen LogP contribution in [-0.4, -0.2) is 127 Å². The molecule has 24 nitrogen and oxygen atoms in total. The minimum Gasteiger partial charge on any atom is -0.455 e. The fraction of sp³-hybridized carbons (Fsp3) is 0.449. The number of fused-ring (bicyclic) bond motifs is 4. The fourth-order valence-electron chi connectivity index (χ4n) is 11.3. The van der Waals surface area contributed by atoms with Gasteiger partial charge in [0.15, 0.2) is 6.23 Å². The molecule has 2 amide bonds. The molecule has 76 heavy (non-hydrogen) atoms. The standard InChI is InChI=1S/C49H57N6O18P3/c1-52(19-9-17-38(56)50-18-4-10-30-26-55(49(61)51-46(30)59)48-43(58)42(57)37(70-48)27-69-75(65,66)73-76(67,68)72-74(62,63)64)47(60)32-14-3-2-13-31(32)39-35-24-28-11-5-20-53-22-7-15-33(40(28)53)44(35)71-45-34-16-8-23-54-21-6-12-29(41(34)54)25-36(39)45/h2-4,10,13-14,24-26,37,42-43,48,57-58H,5-9,11-12,15-23,27H2,1H3,(H5-,50,51,56,59,61,62,63,64,65,66,67,68)/p+1/b10-4+/t37-,42-,43-,48-/m1/s1. The number of carbonyl (C=O) groups excluding carboxylic acids is 2. The molecule has 3 aromatic carbocycles. The summed E-state index contributed by atoms with van der Waals surface area (Å²) in [5.41, 5.74) is 7.77. The summed E-state index contributed by atoms with van der Waals surface area (Å²) in [6.45, 7) is 3.20. The Bertz CT molecular complexity index is 3460. The van der Waals surface area contributed by atoms with Gasteiger partial charge in [-0.05, 0) is 74.3 Å². The summed E-state index contributed by atoms with van der Waals surface area (Å²) < 4.78 is 62.4. The molecule has 2 unspecified atom stereocenters. The van der Waals surface area contributed by atoms with Crippen LogP contribution in [0.25, 0.3) is 11.6 Å². The van der Waals surface area contributed by atoms with E-state index in [4.69, 9.17) is 19.3 Å². The van der Waals surface area contributed by atoms with E-state index in [2.05, 4.69) is 40.1 Å². The number of nitrogens with one attached hydrogen (secondary N) is 2. The van der Waals surface area contributed by atoms with Crippen LogP contribution in [0.1, 0.15) is 94.1 Å². The van der Waals surface area contributed by atoms with Crippen LogP contribution in [-0.2, 0) is 62.1 Å². The monoisotopic (exact) mass is 1110 g/mol. The van der Waals surface area contributed by atoms with Gasteiger partial charge in [0.05, 0.1) is 17.7 Å². The predicted molar refractivity (Wildman–Crippen MR) is 272 cm³/mol. The van der Waals surface area contributed by atoms with Crippen molar-refractivity contribution in [1.82, 2.24) is 24.3 Å². The Labute approximate surface area is 433 Å². The highest BCUT2D eigenvalue weighted by Crippen LogP contribution is 2.66. The van der Waals surface area contributed by atoms with Gasteiger partial charge in [0.1, 0.15) is 42.9 Å². The largest absolute Gasteiger partial charge is 0.490 e. The van der Waals surface area contributed by atoms with Crippen LogP contribution in [0.5, 0.6) is 11.5 Å². The van der Waals surface area contributed by atoms with Crippen LogP contribution in [0.4, 0.5) is 5.69 Å². The molecule has 0 aliphatic carbocycles. The summed E-state index contributed by atoms with van der Waals surface area (Å²) in [6, 6.07) is 12.4. The van der Waals surface area contributed by atoms with Gasteiger partial charge >= 0.3 is 29.2 Å². The smallest absolute Gasteiger partial charge is 0.455 e. The van der Waals surface area contributed by atoms with Crippen molar-refractivity contribution < 1.29 is 75.7 Å². The van der Waals surface area contributed by atoms with E-state index >= 15 is 0 Å². The van der Waals surface area contributed by atoms with E-state index in [1.165, 1.54) is 45.5 Å². The van der Waals surface area contributed by atoms with Gasteiger partial charge in [0.2, 0.25) is 11.3 Å². The van der Waals surface area contributed by atoms with Crippen molar-refractivity contribution in [2.75, 3.05) is 57.8 Å². The van der Waals surface area contributed by atoms with Crippen molar-refractivity contribution in [1.29, 1.82) is 0 Å². The number of amides is 2. The fourth-order valence-corrected chi connectivity index (χ4v) is 14.3. The maximum absolute atomic E-state index is 14.6. The van der Waals surface area contributed by atoms with Crippen molar-refractivity contribution in [3.63, 3.8) is 0 Å². The highest BCUT2D eigenvalue weighted by atomic mass is 31.3. The van der Waals surface area contributed by atoms with Gasteiger partial charge in [-0.2, -0.15) is 8.62 Å². The molecule has 6 aliphatic heterocycles. The number of aromatic amines is 1. The number of aliphatic hydroxyl groups excluding tert-OH is 2. The summed E-state index contributed by atoms with van der Waals surface area (Å²) in [7, 11) is -15.4. The van der Waals surface area contributed by atoms with Crippen LogP contribution in [0.15, 0.2) is 58.3 Å². The average molecular weight is 1110 g/mol. The number of rotatable bonds is 17. The third kappa shape index (κ3) is 11.0. The summed E-state index contributed by atoms with van der Waals surface area (Å²) in [5.74, 6) is 1.28. The third-order valence-corrected chi connectivity index (χ3v) is 18.3. The molecule has 1 fully saturated rings.